The number of methoxy groups -OCH3 is 1. The summed E-state index contributed by atoms with van der Waals surface area (Å²) < 4.78 is 21.7. The van der Waals surface area contributed by atoms with Gasteiger partial charge in [0, 0.05) is 12.1 Å². The molecule has 2 aromatic rings. The molecule has 0 spiro atoms. The molecule has 0 unspecified atom stereocenters. The van der Waals surface area contributed by atoms with Crippen molar-refractivity contribution in [1.82, 2.24) is 5.01 Å². The summed E-state index contributed by atoms with van der Waals surface area (Å²) in [7, 11) is 1.60. The number of hydrogen-bond acceptors (Lipinski definition) is 7. The number of hydrogen-bond donors (Lipinski definition) is 1. The molecular formula is C24H29ClN2O6. The van der Waals surface area contributed by atoms with Gasteiger partial charge in [0.15, 0.2) is 11.5 Å². The van der Waals surface area contributed by atoms with E-state index in [1.54, 1.807) is 25.3 Å². The normalized spacial score (nSPS) is 13.5. The highest BCUT2D eigenvalue weighted by molar-refractivity contribution is 6.34. The molecule has 9 heteroatoms. The second-order valence-electron chi connectivity index (χ2n) is 7.20. The van der Waals surface area contributed by atoms with Crippen molar-refractivity contribution in [2.24, 2.45) is 5.10 Å². The number of hydrazone groups is 1. The second kappa shape index (κ2) is 12.4. The lowest BCUT2D eigenvalue weighted by molar-refractivity contribution is 0.0705. The van der Waals surface area contributed by atoms with E-state index in [1.807, 2.05) is 25.1 Å². The average molecular weight is 477 g/mol. The van der Waals surface area contributed by atoms with E-state index in [9.17, 15) is 4.79 Å². The van der Waals surface area contributed by atoms with Crippen molar-refractivity contribution in [3.63, 3.8) is 0 Å². The number of aliphatic hydroxyl groups is 1. The van der Waals surface area contributed by atoms with E-state index >= 15 is 0 Å². The number of ether oxygens (including phenoxy) is 4. The molecule has 0 saturated heterocycles. The Labute approximate surface area is 198 Å². The lowest BCUT2D eigenvalue weighted by atomic mass is 10.0. The predicted octanol–water partition coefficient (Wildman–Crippen LogP) is 3.78. The van der Waals surface area contributed by atoms with Crippen LogP contribution in [0.1, 0.15) is 35.7 Å². The van der Waals surface area contributed by atoms with Crippen LogP contribution in [-0.2, 0) is 4.74 Å². The van der Waals surface area contributed by atoms with Crippen molar-refractivity contribution in [2.45, 2.75) is 19.8 Å². The highest BCUT2D eigenvalue weighted by Gasteiger charge is 2.23. The first-order valence-electron chi connectivity index (χ1n) is 10.9. The summed E-state index contributed by atoms with van der Waals surface area (Å²) in [5.74, 6) is 1.56. The third-order valence-corrected chi connectivity index (χ3v) is 5.27. The van der Waals surface area contributed by atoms with Gasteiger partial charge >= 0.3 is 0 Å². The monoisotopic (exact) mass is 476 g/mol. The topological polar surface area (TPSA) is 89.8 Å². The first kappa shape index (κ1) is 24.8. The van der Waals surface area contributed by atoms with Crippen LogP contribution in [0.2, 0.25) is 5.02 Å². The molecule has 0 radical (unpaired) electrons. The Bertz CT molecular complexity index is 981. The van der Waals surface area contributed by atoms with Crippen LogP contribution in [0.15, 0.2) is 41.5 Å². The van der Waals surface area contributed by atoms with Crippen LogP contribution >= 0.6 is 11.6 Å². The smallest absolute Gasteiger partial charge is 0.275 e. The number of carbonyl (C=O) groups excluding carboxylic acids is 1. The number of amides is 1. The number of rotatable bonds is 11. The van der Waals surface area contributed by atoms with Gasteiger partial charge in [-0.15, -0.1) is 0 Å². The van der Waals surface area contributed by atoms with Crippen molar-refractivity contribution in [2.75, 3.05) is 46.7 Å². The van der Waals surface area contributed by atoms with Crippen LogP contribution in [0.4, 0.5) is 0 Å². The molecule has 1 heterocycles. The third kappa shape index (κ3) is 6.60. The number of aliphatic hydroxyl groups excluding tert-OH is 1. The maximum atomic E-state index is 13.1. The molecular weight excluding hydrogens is 448 g/mol. The molecule has 1 aliphatic heterocycles. The van der Waals surface area contributed by atoms with E-state index < -0.39 is 0 Å². The Morgan fingerprint density at radius 2 is 1.97 bits per heavy atom. The van der Waals surface area contributed by atoms with Gasteiger partial charge in [-0.1, -0.05) is 11.6 Å². The highest BCUT2D eigenvalue weighted by Crippen LogP contribution is 2.30. The zero-order valence-corrected chi connectivity index (χ0v) is 19.6. The van der Waals surface area contributed by atoms with Crippen molar-refractivity contribution < 1.29 is 28.8 Å². The molecule has 0 bridgehead atoms. The van der Waals surface area contributed by atoms with Gasteiger partial charge in [0.1, 0.15) is 12.4 Å². The Morgan fingerprint density at radius 3 is 2.70 bits per heavy atom. The van der Waals surface area contributed by atoms with Gasteiger partial charge in [-0.05, 0) is 56.2 Å². The molecule has 0 fully saturated rings. The number of benzene rings is 2. The summed E-state index contributed by atoms with van der Waals surface area (Å²) >= 11 is 6.38. The molecule has 1 aliphatic rings. The van der Waals surface area contributed by atoms with Crippen LogP contribution < -0.4 is 14.2 Å². The van der Waals surface area contributed by atoms with Crippen LogP contribution in [0, 0.1) is 0 Å². The fraction of sp³-hybridized carbons (Fsp3) is 0.417. The van der Waals surface area contributed by atoms with Crippen LogP contribution in [0.3, 0.4) is 0 Å². The van der Waals surface area contributed by atoms with E-state index in [1.165, 1.54) is 5.01 Å². The van der Waals surface area contributed by atoms with Gasteiger partial charge < -0.3 is 24.1 Å². The van der Waals surface area contributed by atoms with Crippen molar-refractivity contribution in [1.29, 1.82) is 0 Å². The minimum atomic E-state index is -0.270. The number of halogens is 1. The second-order valence-corrected chi connectivity index (χ2v) is 7.61. The van der Waals surface area contributed by atoms with E-state index in [4.69, 9.17) is 35.7 Å². The number of carbonyl (C=O) groups is 1. The Kier molecular flexibility index (Phi) is 9.35. The fourth-order valence-electron chi connectivity index (χ4n) is 3.40. The Hall–Kier alpha value is -2.81. The molecule has 0 atom stereocenters. The molecule has 1 N–H and O–H groups in total. The lowest BCUT2D eigenvalue weighted by Crippen LogP contribution is -2.32. The SMILES string of the molecule is CCOc1cc(C2=NN(C(=O)c3ccc(OCCOCCO)cc3Cl)CCC2)ccc1OC. The van der Waals surface area contributed by atoms with Gasteiger partial charge in [0.05, 0.1) is 49.8 Å². The van der Waals surface area contributed by atoms with E-state index in [0.717, 1.165) is 24.1 Å². The molecule has 2 aromatic carbocycles. The van der Waals surface area contributed by atoms with Crippen molar-refractivity contribution >= 4 is 23.2 Å². The largest absolute Gasteiger partial charge is 0.493 e. The molecule has 178 valence electrons. The highest BCUT2D eigenvalue weighted by atomic mass is 35.5. The third-order valence-electron chi connectivity index (χ3n) is 4.96. The van der Waals surface area contributed by atoms with E-state index in [-0.39, 0.29) is 19.1 Å². The maximum Gasteiger partial charge on any atom is 0.275 e. The van der Waals surface area contributed by atoms with Gasteiger partial charge in [0.2, 0.25) is 0 Å². The molecule has 0 aromatic heterocycles. The fourth-order valence-corrected chi connectivity index (χ4v) is 3.65. The Balaban J connectivity index is 1.72. The molecule has 1 amide bonds. The molecule has 0 saturated carbocycles. The van der Waals surface area contributed by atoms with Crippen molar-refractivity contribution in [3.05, 3.63) is 52.5 Å². The predicted molar refractivity (Wildman–Crippen MR) is 126 cm³/mol. The minimum absolute atomic E-state index is 0.0323. The number of nitrogens with zero attached hydrogens (tertiary/aromatic N) is 2. The van der Waals surface area contributed by atoms with Gasteiger partial charge in [-0.3, -0.25) is 4.79 Å². The quantitative estimate of drug-likeness (QED) is 0.496. The van der Waals surface area contributed by atoms with Gasteiger partial charge in [-0.25, -0.2) is 5.01 Å². The summed E-state index contributed by atoms with van der Waals surface area (Å²) in [6.45, 7) is 3.83. The standard InChI is InChI=1S/C24H29ClN2O6/c1-3-32-23-15-17(6-9-22(23)30-2)21-5-4-10-27(26-21)24(29)19-8-7-18(16-20(19)25)33-14-13-31-12-11-28/h6-9,15-16,28H,3-5,10-14H2,1-2H3. The zero-order valence-electron chi connectivity index (χ0n) is 18.9. The van der Waals surface area contributed by atoms with Crippen molar-refractivity contribution in [3.8, 4) is 17.2 Å². The van der Waals surface area contributed by atoms with E-state index in [2.05, 4.69) is 5.10 Å². The van der Waals surface area contributed by atoms with Gasteiger partial charge in [0.25, 0.3) is 5.91 Å². The summed E-state index contributed by atoms with van der Waals surface area (Å²) in [4.78, 5) is 13.1. The zero-order chi connectivity index (χ0) is 23.6. The molecule has 8 nitrogen and oxygen atoms in total. The lowest BCUT2D eigenvalue weighted by Gasteiger charge is -2.24. The maximum absolute atomic E-state index is 13.1. The summed E-state index contributed by atoms with van der Waals surface area (Å²) in [5.41, 5.74) is 2.04. The van der Waals surface area contributed by atoms with Gasteiger partial charge in [-0.2, -0.15) is 5.10 Å². The summed E-state index contributed by atoms with van der Waals surface area (Å²) in [6, 6.07) is 10.6. The van der Waals surface area contributed by atoms with E-state index in [0.29, 0.717) is 54.2 Å². The average Bonchev–Trinajstić information content (AvgIpc) is 2.84. The molecule has 0 aliphatic carbocycles. The molecule has 33 heavy (non-hydrogen) atoms. The first-order valence-corrected chi connectivity index (χ1v) is 11.3. The van der Waals surface area contributed by atoms with Crippen LogP contribution in [0.5, 0.6) is 17.2 Å². The molecule has 3 rings (SSSR count). The minimum Gasteiger partial charge on any atom is -0.493 e. The van der Waals surface area contributed by atoms with Crippen LogP contribution in [0.25, 0.3) is 0 Å². The summed E-state index contributed by atoms with van der Waals surface area (Å²) in [5, 5.41) is 15.1. The summed E-state index contributed by atoms with van der Waals surface area (Å²) in [6.07, 6.45) is 1.54. The Morgan fingerprint density at radius 1 is 1.12 bits per heavy atom. The van der Waals surface area contributed by atoms with Crippen LogP contribution in [-0.4, -0.2) is 68.4 Å². The first-order chi connectivity index (χ1) is 16.1.